The zero-order valence-corrected chi connectivity index (χ0v) is 12.8. The fourth-order valence-electron chi connectivity index (χ4n) is 1.18. The van der Waals surface area contributed by atoms with Crippen LogP contribution in [0.15, 0.2) is 5.16 Å². The van der Waals surface area contributed by atoms with Crippen molar-refractivity contribution in [3.8, 4) is 0 Å². The second-order valence-corrected chi connectivity index (χ2v) is 5.53. The van der Waals surface area contributed by atoms with Gasteiger partial charge in [-0.25, -0.2) is 4.68 Å². The number of carbonyl (C=O) groups excluding carboxylic acids is 2. The van der Waals surface area contributed by atoms with Gasteiger partial charge in [-0.1, -0.05) is 25.6 Å². The predicted molar refractivity (Wildman–Crippen MR) is 73.0 cm³/mol. The van der Waals surface area contributed by atoms with Crippen molar-refractivity contribution in [2.45, 2.75) is 38.5 Å². The summed E-state index contributed by atoms with van der Waals surface area (Å²) in [5.74, 6) is 0.0213. The number of esters is 1. The van der Waals surface area contributed by atoms with E-state index in [2.05, 4.69) is 25.6 Å². The molecule has 0 aliphatic carbocycles. The molecule has 1 rings (SSSR count). The fraction of sp³-hybridized carbons (Fsp3) is 0.727. The van der Waals surface area contributed by atoms with Crippen LogP contribution in [0.4, 0.5) is 0 Å². The molecule has 1 N–H and O–H groups in total. The number of nitrogens with zero attached hydrogens (tertiary/aromatic N) is 4. The van der Waals surface area contributed by atoms with Crippen molar-refractivity contribution >= 4 is 23.6 Å². The standard InChI is InChI=1S/C11H19N5O3S/c1-7(2)8(3)12-9(17)6-20-11-13-14-15-16(11)5-10(18)19-4/h7-8H,5-6H2,1-4H3,(H,12,17). The summed E-state index contributed by atoms with van der Waals surface area (Å²) < 4.78 is 5.84. The summed E-state index contributed by atoms with van der Waals surface area (Å²) in [6.45, 7) is 5.95. The lowest BCUT2D eigenvalue weighted by molar-refractivity contribution is -0.141. The monoisotopic (exact) mass is 301 g/mol. The van der Waals surface area contributed by atoms with Gasteiger partial charge in [0.05, 0.1) is 12.9 Å². The van der Waals surface area contributed by atoms with Gasteiger partial charge in [-0.3, -0.25) is 9.59 Å². The van der Waals surface area contributed by atoms with E-state index in [0.29, 0.717) is 11.1 Å². The topological polar surface area (TPSA) is 99.0 Å². The van der Waals surface area contributed by atoms with Crippen molar-refractivity contribution in [2.24, 2.45) is 5.92 Å². The highest BCUT2D eigenvalue weighted by Crippen LogP contribution is 2.13. The van der Waals surface area contributed by atoms with Crippen LogP contribution in [0.25, 0.3) is 0 Å². The van der Waals surface area contributed by atoms with Crippen LogP contribution in [0.2, 0.25) is 0 Å². The van der Waals surface area contributed by atoms with Gasteiger partial charge < -0.3 is 10.1 Å². The van der Waals surface area contributed by atoms with Crippen molar-refractivity contribution in [3.05, 3.63) is 0 Å². The average molecular weight is 301 g/mol. The molecule has 0 aliphatic heterocycles. The Bertz CT molecular complexity index is 463. The fourth-order valence-corrected chi connectivity index (χ4v) is 1.87. The highest BCUT2D eigenvalue weighted by molar-refractivity contribution is 7.99. The number of nitrogens with one attached hydrogen (secondary N) is 1. The van der Waals surface area contributed by atoms with Gasteiger partial charge in [0, 0.05) is 6.04 Å². The molecule has 1 atom stereocenters. The number of thioether (sulfide) groups is 1. The van der Waals surface area contributed by atoms with E-state index in [1.807, 2.05) is 20.8 Å². The molecule has 1 aromatic rings. The largest absolute Gasteiger partial charge is 0.468 e. The van der Waals surface area contributed by atoms with Gasteiger partial charge in [0.2, 0.25) is 11.1 Å². The number of tetrazole rings is 1. The third kappa shape index (κ3) is 5.16. The Balaban J connectivity index is 2.48. The summed E-state index contributed by atoms with van der Waals surface area (Å²) in [6.07, 6.45) is 0. The molecule has 1 amide bonds. The first kappa shape index (κ1) is 16.4. The van der Waals surface area contributed by atoms with Gasteiger partial charge in [-0.15, -0.1) is 5.10 Å². The highest BCUT2D eigenvalue weighted by atomic mass is 32.2. The maximum Gasteiger partial charge on any atom is 0.327 e. The molecule has 0 bridgehead atoms. The molecule has 112 valence electrons. The average Bonchev–Trinajstić information content (AvgIpc) is 2.83. The summed E-state index contributed by atoms with van der Waals surface area (Å²) >= 11 is 1.18. The second-order valence-electron chi connectivity index (χ2n) is 4.58. The summed E-state index contributed by atoms with van der Waals surface area (Å²) in [4.78, 5) is 22.9. The third-order valence-electron chi connectivity index (χ3n) is 2.73. The zero-order valence-electron chi connectivity index (χ0n) is 12.0. The molecular formula is C11H19N5O3S. The smallest absolute Gasteiger partial charge is 0.327 e. The van der Waals surface area contributed by atoms with Gasteiger partial charge in [-0.05, 0) is 23.3 Å². The van der Waals surface area contributed by atoms with Crippen LogP contribution < -0.4 is 5.32 Å². The van der Waals surface area contributed by atoms with Crippen molar-refractivity contribution in [1.82, 2.24) is 25.5 Å². The van der Waals surface area contributed by atoms with Crippen molar-refractivity contribution in [1.29, 1.82) is 0 Å². The molecule has 0 aromatic carbocycles. The van der Waals surface area contributed by atoms with Crippen LogP contribution in [0.1, 0.15) is 20.8 Å². The first-order valence-corrected chi connectivity index (χ1v) is 7.17. The molecule has 9 heteroatoms. The Labute approximate surface area is 121 Å². The quantitative estimate of drug-likeness (QED) is 0.563. The van der Waals surface area contributed by atoms with E-state index in [4.69, 9.17) is 0 Å². The van der Waals surface area contributed by atoms with E-state index in [0.717, 1.165) is 0 Å². The lowest BCUT2D eigenvalue weighted by Gasteiger charge is -2.16. The number of carbonyl (C=O) groups is 2. The molecule has 0 aliphatic rings. The minimum atomic E-state index is -0.447. The molecule has 1 heterocycles. The minimum absolute atomic E-state index is 0.0736. The molecule has 0 radical (unpaired) electrons. The number of hydrogen-bond donors (Lipinski definition) is 1. The molecule has 1 aromatic heterocycles. The summed E-state index contributed by atoms with van der Waals surface area (Å²) in [5, 5.41) is 14.2. The van der Waals surface area contributed by atoms with Crippen molar-refractivity contribution in [3.63, 3.8) is 0 Å². The van der Waals surface area contributed by atoms with E-state index in [-0.39, 0.29) is 24.2 Å². The van der Waals surface area contributed by atoms with E-state index in [1.54, 1.807) is 0 Å². The molecular weight excluding hydrogens is 282 g/mol. The summed E-state index contributed by atoms with van der Waals surface area (Å²) in [5.41, 5.74) is 0. The van der Waals surface area contributed by atoms with Gasteiger partial charge >= 0.3 is 5.97 Å². The normalized spacial score (nSPS) is 12.2. The maximum atomic E-state index is 11.7. The Morgan fingerprint density at radius 2 is 2.10 bits per heavy atom. The van der Waals surface area contributed by atoms with Gasteiger partial charge in [0.1, 0.15) is 6.54 Å². The second kappa shape index (κ2) is 7.83. The van der Waals surface area contributed by atoms with Crippen LogP contribution in [0.5, 0.6) is 0 Å². The van der Waals surface area contributed by atoms with Crippen molar-refractivity contribution in [2.75, 3.05) is 12.9 Å². The van der Waals surface area contributed by atoms with Crippen LogP contribution in [0, 0.1) is 5.92 Å². The van der Waals surface area contributed by atoms with Gasteiger partial charge in [0.15, 0.2) is 0 Å². The summed E-state index contributed by atoms with van der Waals surface area (Å²) in [7, 11) is 1.29. The number of amides is 1. The molecule has 1 unspecified atom stereocenters. The molecule has 0 saturated heterocycles. The molecule has 0 fully saturated rings. The lowest BCUT2D eigenvalue weighted by atomic mass is 10.1. The van der Waals surface area contributed by atoms with Crippen LogP contribution >= 0.6 is 11.8 Å². The number of ether oxygens (including phenoxy) is 1. The number of hydrogen-bond acceptors (Lipinski definition) is 7. The molecule has 20 heavy (non-hydrogen) atoms. The Hall–Kier alpha value is -1.64. The van der Waals surface area contributed by atoms with Crippen LogP contribution in [-0.2, 0) is 20.9 Å². The zero-order chi connectivity index (χ0) is 15.1. The minimum Gasteiger partial charge on any atom is -0.468 e. The molecule has 8 nitrogen and oxygen atoms in total. The Morgan fingerprint density at radius 1 is 1.40 bits per heavy atom. The number of aromatic nitrogens is 4. The number of rotatable bonds is 7. The van der Waals surface area contributed by atoms with Gasteiger partial charge in [0.25, 0.3) is 0 Å². The van der Waals surface area contributed by atoms with E-state index in [9.17, 15) is 9.59 Å². The van der Waals surface area contributed by atoms with E-state index < -0.39 is 5.97 Å². The highest BCUT2D eigenvalue weighted by Gasteiger charge is 2.15. The first-order chi connectivity index (χ1) is 9.43. The third-order valence-corrected chi connectivity index (χ3v) is 3.68. The molecule has 0 spiro atoms. The SMILES string of the molecule is COC(=O)Cn1nnnc1SCC(=O)NC(C)C(C)C. The Morgan fingerprint density at radius 3 is 2.70 bits per heavy atom. The predicted octanol–water partition coefficient (Wildman–Crippen LogP) is 0.0989. The number of methoxy groups -OCH3 is 1. The van der Waals surface area contributed by atoms with E-state index in [1.165, 1.54) is 23.6 Å². The summed E-state index contributed by atoms with van der Waals surface area (Å²) in [6, 6.07) is 0.106. The lowest BCUT2D eigenvalue weighted by Crippen LogP contribution is -2.37. The van der Waals surface area contributed by atoms with Gasteiger partial charge in [-0.2, -0.15) is 0 Å². The maximum absolute atomic E-state index is 11.7. The van der Waals surface area contributed by atoms with Crippen molar-refractivity contribution < 1.29 is 14.3 Å². The van der Waals surface area contributed by atoms with E-state index >= 15 is 0 Å². The van der Waals surface area contributed by atoms with Crippen LogP contribution in [-0.4, -0.2) is 51.0 Å². The van der Waals surface area contributed by atoms with Crippen LogP contribution in [0.3, 0.4) is 0 Å². The first-order valence-electron chi connectivity index (χ1n) is 6.19. The molecule has 0 saturated carbocycles. The Kier molecular flexibility index (Phi) is 6.43.